The van der Waals surface area contributed by atoms with Crippen molar-refractivity contribution in [3.8, 4) is 5.88 Å². The number of amides is 2. The van der Waals surface area contributed by atoms with Crippen LogP contribution in [0.3, 0.4) is 0 Å². The van der Waals surface area contributed by atoms with Crippen LogP contribution in [0.4, 0.5) is 4.79 Å². The number of thiazole rings is 1. The zero-order valence-corrected chi connectivity index (χ0v) is 16.2. The van der Waals surface area contributed by atoms with Gasteiger partial charge in [0.2, 0.25) is 5.88 Å². The zero-order valence-electron chi connectivity index (χ0n) is 15.4. The molecule has 2 aromatic rings. The van der Waals surface area contributed by atoms with Crippen molar-refractivity contribution >= 4 is 23.3 Å². The van der Waals surface area contributed by atoms with Crippen molar-refractivity contribution in [3.63, 3.8) is 0 Å². The maximum absolute atomic E-state index is 12.7. The summed E-state index contributed by atoms with van der Waals surface area (Å²) in [7, 11) is 0. The average Bonchev–Trinajstić information content (AvgIpc) is 3.15. The summed E-state index contributed by atoms with van der Waals surface area (Å²) in [5, 5.41) is 8.72. The van der Waals surface area contributed by atoms with Crippen molar-refractivity contribution in [2.75, 3.05) is 0 Å². The number of carbonyl (C=O) groups excluding carboxylic acids is 2. The van der Waals surface area contributed by atoms with E-state index in [4.69, 9.17) is 4.74 Å². The zero-order chi connectivity index (χ0) is 19.2. The highest BCUT2D eigenvalue weighted by Crippen LogP contribution is 2.57. The summed E-state index contributed by atoms with van der Waals surface area (Å²) in [4.78, 5) is 33.4. The molecule has 0 radical (unpaired) electrons. The lowest BCUT2D eigenvalue weighted by molar-refractivity contribution is -0.0449. The molecule has 7 nitrogen and oxygen atoms in total. The normalized spacial score (nSPS) is 32.7. The van der Waals surface area contributed by atoms with E-state index in [2.05, 4.69) is 20.6 Å². The third kappa shape index (κ3) is 3.26. The summed E-state index contributed by atoms with van der Waals surface area (Å²) < 4.78 is 5.37. The third-order valence-electron chi connectivity index (χ3n) is 6.27. The number of rotatable bonds is 4. The van der Waals surface area contributed by atoms with Gasteiger partial charge in [0.15, 0.2) is 5.01 Å². The van der Waals surface area contributed by atoms with Crippen LogP contribution in [0.25, 0.3) is 0 Å². The smallest absolute Gasteiger partial charge is 0.391 e. The van der Waals surface area contributed by atoms with Crippen LogP contribution in [-0.4, -0.2) is 33.0 Å². The van der Waals surface area contributed by atoms with Gasteiger partial charge in [-0.25, -0.2) is 14.8 Å². The molecular weight excluding hydrogens is 376 g/mol. The lowest BCUT2D eigenvalue weighted by Crippen LogP contribution is -2.70. The fraction of sp³-hybridized carbons (Fsp3) is 0.500. The molecular formula is C20H22N4O3S. The van der Waals surface area contributed by atoms with Crippen molar-refractivity contribution in [1.82, 2.24) is 20.6 Å². The summed E-state index contributed by atoms with van der Waals surface area (Å²) >= 11 is 1.35. The van der Waals surface area contributed by atoms with Gasteiger partial charge in [-0.15, -0.1) is 11.3 Å². The van der Waals surface area contributed by atoms with Gasteiger partial charge < -0.3 is 15.4 Å². The number of nitrogens with zero attached hydrogens (tertiary/aromatic N) is 2. The summed E-state index contributed by atoms with van der Waals surface area (Å²) in [5.74, 6) is 1.20. The first-order valence-electron chi connectivity index (χ1n) is 9.66. The number of pyridine rings is 1. The summed E-state index contributed by atoms with van der Waals surface area (Å²) in [6.07, 6.45) is 8.51. The molecule has 8 heteroatoms. The summed E-state index contributed by atoms with van der Waals surface area (Å²) in [6.45, 7) is 0. The first kappa shape index (κ1) is 17.6. The predicted molar refractivity (Wildman–Crippen MR) is 103 cm³/mol. The van der Waals surface area contributed by atoms with Gasteiger partial charge in [0.05, 0.1) is 0 Å². The molecule has 0 spiro atoms. The monoisotopic (exact) mass is 398 g/mol. The molecule has 2 amide bonds. The van der Waals surface area contributed by atoms with Crippen LogP contribution in [-0.2, 0) is 0 Å². The van der Waals surface area contributed by atoms with E-state index in [0.717, 1.165) is 32.1 Å². The van der Waals surface area contributed by atoms with Gasteiger partial charge in [0, 0.05) is 34.9 Å². The largest absolute Gasteiger partial charge is 0.414 e. The molecule has 2 heterocycles. The van der Waals surface area contributed by atoms with E-state index in [-0.39, 0.29) is 22.9 Å². The molecule has 4 aliphatic rings. The maximum atomic E-state index is 12.7. The van der Waals surface area contributed by atoms with E-state index >= 15 is 0 Å². The Balaban J connectivity index is 1.33. The van der Waals surface area contributed by atoms with E-state index in [0.29, 0.717) is 16.8 Å². The molecule has 6 rings (SSSR count). The Morgan fingerprint density at radius 1 is 1.04 bits per heavy atom. The Kier molecular flexibility index (Phi) is 4.12. The molecule has 0 aromatic carbocycles. The fourth-order valence-corrected chi connectivity index (χ4v) is 6.46. The fourth-order valence-electron chi connectivity index (χ4n) is 5.93. The molecule has 0 saturated heterocycles. The van der Waals surface area contributed by atoms with Gasteiger partial charge in [0.25, 0.3) is 5.91 Å². The molecule has 2 unspecified atom stereocenters. The molecule has 2 N–H and O–H groups in total. The standard InChI is InChI=1S/C20H22N4O3S/c25-16(17-22-5-6-28-17)23-19-8-13-7-14(9-19)11-20(10-13,12-19)24-18(26)27-15-3-1-2-4-21-15/h1-6,13-14H,7-12H2,(H,23,25)(H,24,26). The molecule has 4 bridgehead atoms. The van der Waals surface area contributed by atoms with Gasteiger partial charge >= 0.3 is 6.09 Å². The number of hydrogen-bond acceptors (Lipinski definition) is 6. The van der Waals surface area contributed by atoms with E-state index in [1.165, 1.54) is 17.8 Å². The molecule has 4 aliphatic carbocycles. The van der Waals surface area contributed by atoms with Gasteiger partial charge in [-0.1, -0.05) is 6.07 Å². The minimum Gasteiger partial charge on any atom is -0.391 e. The van der Waals surface area contributed by atoms with Crippen LogP contribution in [0, 0.1) is 11.8 Å². The molecule has 4 fully saturated rings. The highest BCUT2D eigenvalue weighted by atomic mass is 32.1. The van der Waals surface area contributed by atoms with Gasteiger partial charge in [0.1, 0.15) is 0 Å². The maximum Gasteiger partial charge on any atom is 0.414 e. The van der Waals surface area contributed by atoms with Crippen LogP contribution in [0.5, 0.6) is 5.88 Å². The molecule has 2 atom stereocenters. The van der Waals surface area contributed by atoms with Crippen molar-refractivity contribution in [1.29, 1.82) is 0 Å². The van der Waals surface area contributed by atoms with Crippen molar-refractivity contribution in [2.24, 2.45) is 11.8 Å². The van der Waals surface area contributed by atoms with Crippen LogP contribution < -0.4 is 15.4 Å². The van der Waals surface area contributed by atoms with Gasteiger partial charge in [-0.2, -0.15) is 0 Å². The molecule has 2 aromatic heterocycles. The Morgan fingerprint density at radius 3 is 2.43 bits per heavy atom. The number of carbonyl (C=O) groups is 2. The SMILES string of the molecule is O=C(NC12CC3CC(C1)CC(NC(=O)c1nccs1)(C3)C2)Oc1ccccn1. The lowest BCUT2D eigenvalue weighted by atomic mass is 9.50. The summed E-state index contributed by atoms with van der Waals surface area (Å²) in [5.41, 5.74) is -0.600. The molecule has 146 valence electrons. The molecule has 0 aliphatic heterocycles. The first-order valence-corrected chi connectivity index (χ1v) is 10.5. The van der Waals surface area contributed by atoms with Crippen molar-refractivity contribution in [2.45, 2.75) is 49.6 Å². The van der Waals surface area contributed by atoms with Crippen LogP contribution in [0.2, 0.25) is 0 Å². The Morgan fingerprint density at radius 2 is 1.79 bits per heavy atom. The number of hydrogen-bond donors (Lipinski definition) is 2. The van der Waals surface area contributed by atoms with E-state index in [1.807, 2.05) is 5.38 Å². The highest BCUT2D eigenvalue weighted by Gasteiger charge is 2.59. The van der Waals surface area contributed by atoms with Gasteiger partial charge in [-0.05, 0) is 56.4 Å². The second kappa shape index (κ2) is 6.55. The predicted octanol–water partition coefficient (Wildman–Crippen LogP) is 3.15. The van der Waals surface area contributed by atoms with Gasteiger partial charge in [-0.3, -0.25) is 4.79 Å². The Hall–Kier alpha value is -2.48. The van der Waals surface area contributed by atoms with Crippen molar-refractivity contribution < 1.29 is 14.3 Å². The highest BCUT2D eigenvalue weighted by molar-refractivity contribution is 7.11. The summed E-state index contributed by atoms with van der Waals surface area (Å²) in [6, 6.07) is 5.22. The minimum absolute atomic E-state index is 0.108. The molecule has 28 heavy (non-hydrogen) atoms. The van der Waals surface area contributed by atoms with Crippen LogP contribution in [0.1, 0.15) is 48.3 Å². The second-order valence-electron chi connectivity index (χ2n) is 8.50. The Labute approximate surface area is 166 Å². The number of ether oxygens (including phenoxy) is 1. The number of nitrogens with one attached hydrogen (secondary N) is 2. The first-order chi connectivity index (χ1) is 13.5. The average molecular weight is 398 g/mol. The second-order valence-corrected chi connectivity index (χ2v) is 9.39. The van der Waals surface area contributed by atoms with E-state index in [1.54, 1.807) is 30.6 Å². The topological polar surface area (TPSA) is 93.2 Å². The lowest BCUT2D eigenvalue weighted by Gasteiger charge is -2.61. The van der Waals surface area contributed by atoms with Crippen LogP contribution >= 0.6 is 11.3 Å². The Bertz CT molecular complexity index is 872. The quantitative estimate of drug-likeness (QED) is 0.825. The van der Waals surface area contributed by atoms with E-state index in [9.17, 15) is 9.59 Å². The number of aromatic nitrogens is 2. The molecule has 4 saturated carbocycles. The third-order valence-corrected chi connectivity index (χ3v) is 7.04. The van der Waals surface area contributed by atoms with Crippen LogP contribution in [0.15, 0.2) is 36.0 Å². The van der Waals surface area contributed by atoms with E-state index < -0.39 is 6.09 Å². The van der Waals surface area contributed by atoms with Crippen molar-refractivity contribution in [3.05, 3.63) is 41.0 Å². The minimum atomic E-state index is -0.470.